The number of rotatable bonds is 3. The Kier molecular flexibility index (Phi) is 20.6. The van der Waals surface area contributed by atoms with E-state index in [1.807, 2.05) is 0 Å². The smallest absolute Gasteiger partial charge is 0 e. The van der Waals surface area contributed by atoms with Gasteiger partial charge in [-0.15, -0.1) is 6.07 Å². The van der Waals surface area contributed by atoms with Crippen molar-refractivity contribution in [3.63, 3.8) is 0 Å². The summed E-state index contributed by atoms with van der Waals surface area (Å²) in [6.45, 7) is 13.5. The van der Waals surface area contributed by atoms with Crippen LogP contribution in [0.5, 0.6) is 0 Å². The Morgan fingerprint density at radius 3 is 1.91 bits per heavy atom. The number of sulfonamides is 1. The van der Waals surface area contributed by atoms with Crippen LogP contribution in [0.25, 0.3) is 0 Å². The minimum atomic E-state index is -3.59. The van der Waals surface area contributed by atoms with Gasteiger partial charge in [-0.05, 0) is 0 Å². The summed E-state index contributed by atoms with van der Waals surface area (Å²) in [4.78, 5) is 11.2. The van der Waals surface area contributed by atoms with Gasteiger partial charge in [-0.25, -0.2) is 12.7 Å². The maximum absolute atomic E-state index is 11.8. The molecule has 0 N–H and O–H groups in total. The molecule has 0 spiro atoms. The van der Waals surface area contributed by atoms with Crippen LogP contribution in [0.2, 0.25) is 0 Å². The van der Waals surface area contributed by atoms with E-state index in [-0.39, 0.29) is 27.5 Å². The monoisotopic (exact) mass is 369 g/mol. The second-order valence-corrected chi connectivity index (χ2v) is 5.20. The first-order valence-electron chi connectivity index (χ1n) is 4.79. The van der Waals surface area contributed by atoms with E-state index in [9.17, 15) is 13.2 Å². The number of carbonyl (C=O) groups excluding carboxylic acids is 1. The van der Waals surface area contributed by atoms with Crippen molar-refractivity contribution in [2.75, 3.05) is 21.2 Å². The molecule has 0 aromatic heterocycles. The Morgan fingerprint density at radius 2 is 1.59 bits per heavy atom. The normalized spacial score (nSPS) is 8.27. The zero-order valence-electron chi connectivity index (χ0n) is 11.8. The predicted molar refractivity (Wildman–Crippen MR) is 66.0 cm³/mol. The van der Waals surface area contributed by atoms with Gasteiger partial charge in [-0.2, -0.15) is 12.1 Å². The van der Waals surface area contributed by atoms with E-state index in [4.69, 9.17) is 14.0 Å². The first-order chi connectivity index (χ1) is 9.91. The summed E-state index contributed by atoms with van der Waals surface area (Å²) >= 11 is 0. The van der Waals surface area contributed by atoms with Crippen LogP contribution in [0.3, 0.4) is 0 Å². The molecule has 0 aliphatic rings. The minimum absolute atomic E-state index is 0. The molecule has 22 heavy (non-hydrogen) atoms. The van der Waals surface area contributed by atoms with E-state index in [2.05, 4.69) is 24.7 Å². The van der Waals surface area contributed by atoms with Gasteiger partial charge in [-0.1, -0.05) is 5.56 Å². The summed E-state index contributed by atoms with van der Waals surface area (Å²) in [5.74, 6) is -0.652. The molecule has 0 saturated carbocycles. The third-order valence-corrected chi connectivity index (χ3v) is 3.81. The van der Waals surface area contributed by atoms with Crippen LogP contribution in [-0.4, -0.2) is 39.9 Å². The molecule has 0 unspecified atom stereocenters. The second kappa shape index (κ2) is 15.9. The zero-order valence-corrected chi connectivity index (χ0v) is 13.8. The Labute approximate surface area is 139 Å². The van der Waals surface area contributed by atoms with Gasteiger partial charge in [0.05, 0.1) is 7.11 Å². The fourth-order valence-electron chi connectivity index (χ4n) is 1.10. The van der Waals surface area contributed by atoms with Crippen LogP contribution in [0, 0.1) is 20.0 Å². The van der Waals surface area contributed by atoms with Crippen molar-refractivity contribution in [3.05, 3.63) is 43.7 Å². The minimum Gasteiger partial charge on any atom is 0 e. The molecule has 1 radical (unpaired) electrons. The SMILES string of the molecule is COC(=O)c1ccc[c-]1S(=O)(=O)N(C)C.[C-]#[O+].[C-]#[O+].[C-]#[O+].[Mn]. The van der Waals surface area contributed by atoms with Gasteiger partial charge in [-0.3, -0.25) is 0 Å². The van der Waals surface area contributed by atoms with Gasteiger partial charge in [0.2, 0.25) is 10.0 Å². The summed E-state index contributed by atoms with van der Waals surface area (Å²) in [6, 6.07) is 4.30. The van der Waals surface area contributed by atoms with Crippen molar-refractivity contribution >= 4 is 16.0 Å². The summed E-state index contributed by atoms with van der Waals surface area (Å²) in [6.07, 6.45) is 0. The fraction of sp³-hybridized carbons (Fsp3) is 0.250. The number of nitrogens with zero attached hydrogens (tertiary/aromatic N) is 1. The van der Waals surface area contributed by atoms with Crippen molar-refractivity contribution in [2.45, 2.75) is 4.90 Å². The van der Waals surface area contributed by atoms with E-state index in [0.29, 0.717) is 0 Å². The van der Waals surface area contributed by atoms with Crippen molar-refractivity contribution in [3.8, 4) is 0 Å². The Bertz CT molecular complexity index is 570. The van der Waals surface area contributed by atoms with Crippen LogP contribution >= 0.6 is 0 Å². The number of methoxy groups -OCH3 is 1. The second-order valence-electron chi connectivity index (χ2n) is 3.08. The Hall–Kier alpha value is -1.53. The zero-order chi connectivity index (χ0) is 17.6. The van der Waals surface area contributed by atoms with Gasteiger partial charge < -0.3 is 9.53 Å². The number of esters is 1. The molecule has 8 nitrogen and oxygen atoms in total. The topological polar surface area (TPSA) is 123 Å². The molecule has 10 heteroatoms. The summed E-state index contributed by atoms with van der Waals surface area (Å²) in [7, 11) is 0.435. The van der Waals surface area contributed by atoms with Crippen LogP contribution in [0.1, 0.15) is 10.4 Å². The molecule has 0 fully saturated rings. The van der Waals surface area contributed by atoms with E-state index in [0.717, 1.165) is 4.31 Å². The first kappa shape index (κ1) is 28.6. The maximum atomic E-state index is 11.8. The Morgan fingerprint density at radius 1 is 1.18 bits per heavy atom. The van der Waals surface area contributed by atoms with Gasteiger partial charge in [0.25, 0.3) is 5.97 Å². The summed E-state index contributed by atoms with van der Waals surface area (Å²) in [5.41, 5.74) is 0.0613. The Balaban J connectivity index is -0.000000206. The van der Waals surface area contributed by atoms with Gasteiger partial charge in [0.15, 0.2) is 0 Å². The molecule has 0 aliphatic heterocycles. The molecule has 0 aliphatic carbocycles. The molecule has 1 aromatic carbocycles. The largest absolute Gasteiger partial charge is 0 e. The number of hydrogen-bond acceptors (Lipinski definition) is 4. The number of hydrogen-bond donors (Lipinski definition) is 0. The third kappa shape index (κ3) is 8.04. The molecule has 0 amide bonds. The van der Waals surface area contributed by atoms with Gasteiger partial charge in [0, 0.05) is 36.1 Å². The fourth-order valence-corrected chi connectivity index (χ4v) is 2.18. The van der Waals surface area contributed by atoms with Gasteiger partial charge >= 0.3 is 33.9 Å². The van der Waals surface area contributed by atoms with Crippen LogP contribution in [-0.2, 0) is 45.8 Å². The van der Waals surface area contributed by atoms with E-state index >= 15 is 0 Å². The molecule has 1 rings (SSSR count). The molecule has 121 valence electrons. The molecular formula is C12H12MnNO7S-. The van der Waals surface area contributed by atoms with Gasteiger partial charge in [0.1, 0.15) is 0 Å². The molecular weight excluding hydrogens is 357 g/mol. The quantitative estimate of drug-likeness (QED) is 0.330. The molecule has 0 saturated heterocycles. The number of carbonyl (C=O) groups is 1. The number of ether oxygens (including phenoxy) is 1. The molecule has 1 aromatic rings. The average molecular weight is 369 g/mol. The standard InChI is InChI=1S/C9H12NO4S.3CO.Mn/c1-10(2)15(12,13)8-6-4-5-7(8)9(11)14-3;3*1-2;/h4-6H,1-3H3;;;;/q-1;;;;. The maximum Gasteiger partial charge on any atom is 0 e. The van der Waals surface area contributed by atoms with Crippen LogP contribution < -0.4 is 0 Å². The summed E-state index contributed by atoms with van der Waals surface area (Å²) < 4.78 is 51.5. The summed E-state index contributed by atoms with van der Waals surface area (Å²) in [5, 5.41) is 0. The molecule has 0 atom stereocenters. The van der Waals surface area contributed by atoms with Crippen molar-refractivity contribution in [1.82, 2.24) is 4.31 Å². The van der Waals surface area contributed by atoms with E-state index in [1.54, 1.807) is 0 Å². The van der Waals surface area contributed by atoms with E-state index < -0.39 is 16.0 Å². The average Bonchev–Trinajstić information content (AvgIpc) is 3.02. The predicted octanol–water partition coefficient (Wildman–Crippen LogP) is 0.327. The van der Waals surface area contributed by atoms with Crippen molar-refractivity contribution in [1.29, 1.82) is 0 Å². The van der Waals surface area contributed by atoms with Crippen LogP contribution in [0.15, 0.2) is 23.1 Å². The first-order valence-corrected chi connectivity index (χ1v) is 6.23. The van der Waals surface area contributed by atoms with Crippen molar-refractivity contribution in [2.24, 2.45) is 0 Å². The molecule has 0 heterocycles. The third-order valence-electron chi connectivity index (χ3n) is 1.94. The molecule has 0 bridgehead atoms. The van der Waals surface area contributed by atoms with E-state index in [1.165, 1.54) is 39.4 Å². The van der Waals surface area contributed by atoms with Crippen LogP contribution in [0.4, 0.5) is 0 Å². The van der Waals surface area contributed by atoms with Crippen molar-refractivity contribution < 1.29 is 49.0 Å².